The highest BCUT2D eigenvalue weighted by atomic mass is 16.8. The van der Waals surface area contributed by atoms with Crippen LogP contribution in [0.3, 0.4) is 0 Å². The van der Waals surface area contributed by atoms with Gasteiger partial charge < -0.3 is 115 Å². The van der Waals surface area contributed by atoms with Crippen molar-refractivity contribution in [3.8, 4) is 0 Å². The van der Waals surface area contributed by atoms with E-state index in [-0.39, 0.29) is 0 Å². The van der Waals surface area contributed by atoms with Crippen LogP contribution in [0.4, 0.5) is 0 Å². The molecule has 0 spiro atoms. The molecule has 0 unspecified atom stereocenters. The summed E-state index contributed by atoms with van der Waals surface area (Å²) in [7, 11) is 0. The van der Waals surface area contributed by atoms with Crippen LogP contribution in [0, 0.1) is 0 Å². The first-order valence-electron chi connectivity index (χ1n) is 16.7. The van der Waals surface area contributed by atoms with Gasteiger partial charge in [-0.15, -0.1) is 0 Å². The minimum absolute atomic E-state index is 0.799. The fourth-order valence-electron chi connectivity index (χ4n) is 6.54. The van der Waals surface area contributed by atoms with Gasteiger partial charge in [0.05, 0.1) is 38.6 Å². The van der Waals surface area contributed by atoms with Crippen molar-refractivity contribution in [2.45, 2.75) is 142 Å². The van der Waals surface area contributed by atoms with Gasteiger partial charge in [0.2, 0.25) is 5.91 Å². The molecule has 25 nitrogen and oxygen atoms in total. The molecular formula is C29H49NO24. The van der Waals surface area contributed by atoms with Crippen LogP contribution in [0.2, 0.25) is 0 Å². The predicted molar refractivity (Wildman–Crippen MR) is 163 cm³/mol. The van der Waals surface area contributed by atoms with Gasteiger partial charge in [0, 0.05) is 13.3 Å². The fourth-order valence-corrected chi connectivity index (χ4v) is 6.54. The molecule has 314 valence electrons. The van der Waals surface area contributed by atoms with Gasteiger partial charge in [-0.1, -0.05) is 0 Å². The number of aliphatic hydroxyl groups is 14. The zero-order chi connectivity index (χ0) is 40.4. The van der Waals surface area contributed by atoms with Crippen molar-refractivity contribution in [2.24, 2.45) is 0 Å². The Morgan fingerprint density at radius 1 is 0.759 bits per heavy atom. The third kappa shape index (κ3) is 9.28. The van der Waals surface area contributed by atoms with E-state index in [0.29, 0.717) is 0 Å². The third-order valence-electron chi connectivity index (χ3n) is 9.56. The topological polar surface area (TPSA) is 414 Å². The van der Waals surface area contributed by atoms with Gasteiger partial charge in [-0.25, -0.2) is 4.79 Å². The van der Waals surface area contributed by atoms with Gasteiger partial charge in [-0.2, -0.15) is 0 Å². The lowest BCUT2D eigenvalue weighted by Gasteiger charge is -2.50. The van der Waals surface area contributed by atoms with Crippen LogP contribution in [-0.4, -0.2) is 243 Å². The summed E-state index contributed by atoms with van der Waals surface area (Å²) in [6, 6.07) is -1.62. The Balaban J connectivity index is 1.69. The molecular weight excluding hydrogens is 746 g/mol. The molecule has 4 fully saturated rings. The number of hydrogen-bond acceptors (Lipinski definition) is 23. The Morgan fingerprint density at radius 3 is 1.96 bits per heavy atom. The van der Waals surface area contributed by atoms with Gasteiger partial charge in [0.1, 0.15) is 91.6 Å². The number of carboxylic acids is 1. The summed E-state index contributed by atoms with van der Waals surface area (Å²) < 4.78 is 38.3. The van der Waals surface area contributed by atoms with Crippen molar-refractivity contribution in [3.05, 3.63) is 0 Å². The highest BCUT2D eigenvalue weighted by molar-refractivity contribution is 5.76. The number of amides is 1. The van der Waals surface area contributed by atoms with Crippen molar-refractivity contribution in [1.29, 1.82) is 0 Å². The molecule has 0 aromatic carbocycles. The Kier molecular flexibility index (Phi) is 15.4. The molecule has 0 radical (unpaired) electrons. The highest BCUT2D eigenvalue weighted by Gasteiger charge is 2.60. The molecule has 4 saturated heterocycles. The van der Waals surface area contributed by atoms with E-state index in [0.717, 1.165) is 6.92 Å². The maximum absolute atomic E-state index is 12.9. The van der Waals surface area contributed by atoms with E-state index in [1.54, 1.807) is 0 Å². The largest absolute Gasteiger partial charge is 0.477 e. The second-order valence-electron chi connectivity index (χ2n) is 13.3. The fraction of sp³-hybridized carbons (Fsp3) is 0.931. The smallest absolute Gasteiger partial charge is 0.364 e. The quantitative estimate of drug-likeness (QED) is 0.0776. The highest BCUT2D eigenvalue weighted by Crippen LogP contribution is 2.38. The third-order valence-corrected chi connectivity index (χ3v) is 9.56. The molecule has 4 heterocycles. The van der Waals surface area contributed by atoms with E-state index in [1.807, 2.05) is 0 Å². The Bertz CT molecular complexity index is 1230. The van der Waals surface area contributed by atoms with E-state index in [4.69, 9.17) is 33.2 Å². The molecule has 0 bridgehead atoms. The second kappa shape index (κ2) is 18.6. The number of nitrogens with one attached hydrogen (secondary N) is 1. The molecule has 4 aliphatic heterocycles. The van der Waals surface area contributed by atoms with Gasteiger partial charge >= 0.3 is 5.97 Å². The van der Waals surface area contributed by atoms with Gasteiger partial charge in [-0.3, -0.25) is 4.79 Å². The first-order valence-corrected chi connectivity index (χ1v) is 16.7. The van der Waals surface area contributed by atoms with E-state index in [1.165, 1.54) is 0 Å². The predicted octanol–water partition coefficient (Wildman–Crippen LogP) is -10.4. The molecule has 1 amide bonds. The average Bonchev–Trinajstić information content (AvgIpc) is 3.13. The van der Waals surface area contributed by atoms with Crippen molar-refractivity contribution in [1.82, 2.24) is 5.32 Å². The van der Waals surface area contributed by atoms with Crippen LogP contribution in [0.25, 0.3) is 0 Å². The summed E-state index contributed by atoms with van der Waals surface area (Å²) in [5.74, 6) is -6.01. The van der Waals surface area contributed by atoms with Crippen LogP contribution < -0.4 is 5.32 Å². The maximum Gasteiger partial charge on any atom is 0.364 e. The normalized spacial score (nSPS) is 47.1. The Morgan fingerprint density at radius 2 is 1.39 bits per heavy atom. The number of aliphatic hydroxyl groups excluding tert-OH is 14. The Labute approximate surface area is 305 Å². The molecule has 25 heteroatoms. The van der Waals surface area contributed by atoms with Crippen LogP contribution in [-0.2, 0) is 42.7 Å². The van der Waals surface area contributed by atoms with E-state index < -0.39 is 173 Å². The number of ether oxygens (including phenoxy) is 7. The maximum atomic E-state index is 12.9. The minimum Gasteiger partial charge on any atom is -0.477 e. The van der Waals surface area contributed by atoms with E-state index in [9.17, 15) is 86.2 Å². The van der Waals surface area contributed by atoms with Gasteiger partial charge in [0.25, 0.3) is 5.79 Å². The molecule has 0 aromatic rings. The molecule has 4 rings (SSSR count). The van der Waals surface area contributed by atoms with Crippen LogP contribution >= 0.6 is 0 Å². The van der Waals surface area contributed by atoms with E-state index in [2.05, 4.69) is 5.32 Å². The van der Waals surface area contributed by atoms with Crippen LogP contribution in [0.1, 0.15) is 13.3 Å². The summed E-state index contributed by atoms with van der Waals surface area (Å²) in [4.78, 5) is 24.8. The summed E-state index contributed by atoms with van der Waals surface area (Å²) >= 11 is 0. The minimum atomic E-state index is -3.16. The lowest BCUT2D eigenvalue weighted by Crippen LogP contribution is -2.71. The first kappa shape index (κ1) is 44.8. The van der Waals surface area contributed by atoms with Gasteiger partial charge in [0.15, 0.2) is 18.9 Å². The molecule has 54 heavy (non-hydrogen) atoms. The first-order chi connectivity index (χ1) is 25.3. The summed E-state index contributed by atoms with van der Waals surface area (Å²) in [6.07, 6.45) is -38.6. The number of carbonyl (C=O) groups excluding carboxylic acids is 1. The number of rotatable bonds is 14. The molecule has 21 atom stereocenters. The molecule has 4 aliphatic rings. The van der Waals surface area contributed by atoms with Crippen molar-refractivity contribution >= 4 is 11.9 Å². The molecule has 0 saturated carbocycles. The zero-order valence-corrected chi connectivity index (χ0v) is 28.5. The molecule has 0 aromatic heterocycles. The summed E-state index contributed by atoms with van der Waals surface area (Å²) in [6.45, 7) is -2.81. The average molecular weight is 796 g/mol. The van der Waals surface area contributed by atoms with Crippen molar-refractivity contribution in [2.75, 3.05) is 26.4 Å². The lowest BCUT2D eigenvalue weighted by atomic mass is 9.88. The van der Waals surface area contributed by atoms with Crippen molar-refractivity contribution in [3.63, 3.8) is 0 Å². The second-order valence-corrected chi connectivity index (χ2v) is 13.3. The number of aliphatic carboxylic acids is 1. The molecule has 0 aliphatic carbocycles. The summed E-state index contributed by atoms with van der Waals surface area (Å²) in [5, 5.41) is 158. The number of carbonyl (C=O) groups is 2. The lowest BCUT2D eigenvalue weighted by molar-refractivity contribution is -0.389. The van der Waals surface area contributed by atoms with Gasteiger partial charge in [-0.05, 0) is 0 Å². The number of carboxylic acid groups (broad SMARTS) is 1. The zero-order valence-electron chi connectivity index (χ0n) is 28.5. The Hall–Kier alpha value is -1.90. The van der Waals surface area contributed by atoms with E-state index >= 15 is 0 Å². The number of hydrogen-bond donors (Lipinski definition) is 16. The van der Waals surface area contributed by atoms with Crippen LogP contribution in [0.15, 0.2) is 0 Å². The van der Waals surface area contributed by atoms with Crippen LogP contribution in [0.5, 0.6) is 0 Å². The standard InChI is InChI=1S/C29H49NO24/c1-7(34)30-13-8(35)2-29(28(46)47,53-23(13)14(37)9(36)3-31)54-24-16(39)12(6-48-26-20(43)17(40)15(38)10(4-32)50-26)51-27(21(24)44)52-22-11(5-33)49-25(45)19(42)18(22)41/h8-27,31-33,35-45H,2-6H2,1H3,(H,30,34)(H,46,47)/t8-,9+,10+,11+,12+,13+,14+,15-,16-,17-,18+,19+,20+,21+,22+,23+,24-,25+,26+,27-,29-/m0/s1. The monoisotopic (exact) mass is 795 g/mol. The summed E-state index contributed by atoms with van der Waals surface area (Å²) in [5.41, 5.74) is 0. The molecule has 16 N–H and O–H groups in total. The van der Waals surface area contributed by atoms with Crippen molar-refractivity contribution < 1.29 is 119 Å². The SMILES string of the molecule is CC(=O)N[C@H]1[C@H]([C@H](O)[C@H](O)CO)O[C@@](O[C@H]2[C@@H](O)[C@@H](CO[C@@H]3O[C@H](CO)[C@H](O)[C@H](O)[C@H]3O)O[C@@H](O[C@H]3[C@H](O)[C@@H](O)[C@H](O)O[C@@H]3CO)[C@@H]2O)(C(=O)O)C[C@@H]1O.